The van der Waals surface area contributed by atoms with Crippen molar-refractivity contribution in [3.63, 3.8) is 0 Å². The fourth-order valence-electron chi connectivity index (χ4n) is 3.28. The molecule has 112 valence electrons. The minimum atomic E-state index is -0.530. The summed E-state index contributed by atoms with van der Waals surface area (Å²) in [5, 5.41) is 9.70. The van der Waals surface area contributed by atoms with E-state index in [-0.39, 0.29) is 5.60 Å². The molecule has 1 aliphatic carbocycles. The molecule has 20 heavy (non-hydrogen) atoms. The van der Waals surface area contributed by atoms with Gasteiger partial charge in [0.2, 0.25) is 0 Å². The number of aliphatic hydroxyl groups is 1. The molecule has 1 saturated carbocycles. The van der Waals surface area contributed by atoms with Gasteiger partial charge in [-0.2, -0.15) is 0 Å². The van der Waals surface area contributed by atoms with E-state index in [1.54, 1.807) is 13.1 Å². The number of hydrogen-bond acceptors (Lipinski definition) is 4. The first-order chi connectivity index (χ1) is 9.48. The van der Waals surface area contributed by atoms with Gasteiger partial charge < -0.3 is 9.84 Å². The SMILES string of the molecule is CCOC1(c2ncc([C@@H](C)O)c(C)n2)CCCC(C)C1. The van der Waals surface area contributed by atoms with Gasteiger partial charge in [-0.25, -0.2) is 9.97 Å². The van der Waals surface area contributed by atoms with Gasteiger partial charge in [-0.1, -0.05) is 13.3 Å². The van der Waals surface area contributed by atoms with Gasteiger partial charge in [0.25, 0.3) is 0 Å². The van der Waals surface area contributed by atoms with E-state index in [2.05, 4.69) is 16.9 Å². The van der Waals surface area contributed by atoms with Crippen LogP contribution < -0.4 is 0 Å². The molecule has 0 spiro atoms. The topological polar surface area (TPSA) is 55.2 Å². The van der Waals surface area contributed by atoms with Crippen LogP contribution in [0.25, 0.3) is 0 Å². The van der Waals surface area contributed by atoms with E-state index in [1.165, 1.54) is 6.42 Å². The van der Waals surface area contributed by atoms with Crippen LogP contribution in [-0.4, -0.2) is 21.7 Å². The Bertz CT molecular complexity index is 458. The molecule has 3 atom stereocenters. The first-order valence-electron chi connectivity index (χ1n) is 7.64. The summed E-state index contributed by atoms with van der Waals surface area (Å²) < 4.78 is 6.09. The molecule has 1 aromatic heterocycles. The molecule has 1 fully saturated rings. The summed E-state index contributed by atoms with van der Waals surface area (Å²) in [6, 6.07) is 0. The van der Waals surface area contributed by atoms with E-state index in [0.717, 1.165) is 36.3 Å². The van der Waals surface area contributed by atoms with Gasteiger partial charge in [0, 0.05) is 24.1 Å². The van der Waals surface area contributed by atoms with Crippen LogP contribution in [-0.2, 0) is 10.3 Å². The molecule has 1 heterocycles. The Balaban J connectivity index is 2.36. The highest BCUT2D eigenvalue weighted by Crippen LogP contribution is 2.41. The second-order valence-corrected chi connectivity index (χ2v) is 6.04. The highest BCUT2D eigenvalue weighted by molar-refractivity contribution is 5.20. The predicted octanol–water partition coefficient (Wildman–Crippen LogP) is 3.28. The van der Waals surface area contributed by atoms with Crippen molar-refractivity contribution in [3.05, 3.63) is 23.3 Å². The lowest BCUT2D eigenvalue weighted by molar-refractivity contribution is -0.0882. The first-order valence-corrected chi connectivity index (χ1v) is 7.64. The van der Waals surface area contributed by atoms with Gasteiger partial charge in [0.15, 0.2) is 5.82 Å². The number of nitrogens with zero attached hydrogens (tertiary/aromatic N) is 2. The van der Waals surface area contributed by atoms with Crippen molar-refractivity contribution in [1.29, 1.82) is 0 Å². The number of aryl methyl sites for hydroxylation is 1. The quantitative estimate of drug-likeness (QED) is 0.918. The zero-order valence-electron chi connectivity index (χ0n) is 13.0. The van der Waals surface area contributed by atoms with Crippen LogP contribution in [0.3, 0.4) is 0 Å². The number of aromatic nitrogens is 2. The zero-order valence-corrected chi connectivity index (χ0v) is 13.0. The molecule has 0 bridgehead atoms. The van der Waals surface area contributed by atoms with Gasteiger partial charge in [-0.05, 0) is 46.0 Å². The molecule has 0 amide bonds. The fraction of sp³-hybridized carbons (Fsp3) is 0.750. The number of aliphatic hydroxyl groups excluding tert-OH is 1. The summed E-state index contributed by atoms with van der Waals surface area (Å²) in [5.41, 5.74) is 1.31. The summed E-state index contributed by atoms with van der Waals surface area (Å²) in [6.07, 6.45) is 5.59. The molecule has 4 heteroatoms. The smallest absolute Gasteiger partial charge is 0.160 e. The van der Waals surface area contributed by atoms with Crippen LogP contribution in [0.2, 0.25) is 0 Å². The Morgan fingerprint density at radius 3 is 2.85 bits per heavy atom. The Labute approximate surface area is 121 Å². The molecule has 4 nitrogen and oxygen atoms in total. The van der Waals surface area contributed by atoms with Gasteiger partial charge in [-0.3, -0.25) is 0 Å². The molecule has 2 rings (SSSR count). The molecule has 1 aliphatic rings. The van der Waals surface area contributed by atoms with Crippen molar-refractivity contribution in [3.8, 4) is 0 Å². The summed E-state index contributed by atoms with van der Waals surface area (Å²) in [6.45, 7) is 8.64. The number of ether oxygens (including phenoxy) is 1. The Kier molecular flexibility index (Phi) is 4.76. The molecule has 1 aromatic rings. The third-order valence-electron chi connectivity index (χ3n) is 4.25. The van der Waals surface area contributed by atoms with E-state index in [0.29, 0.717) is 12.5 Å². The van der Waals surface area contributed by atoms with Crippen molar-refractivity contribution >= 4 is 0 Å². The van der Waals surface area contributed by atoms with Crippen LogP contribution in [0.1, 0.15) is 69.6 Å². The molecule has 0 aromatic carbocycles. The van der Waals surface area contributed by atoms with Gasteiger partial charge >= 0.3 is 0 Å². The highest BCUT2D eigenvalue weighted by atomic mass is 16.5. The molecular formula is C16H26N2O2. The van der Waals surface area contributed by atoms with Crippen molar-refractivity contribution < 1.29 is 9.84 Å². The van der Waals surface area contributed by atoms with Crippen molar-refractivity contribution in [2.24, 2.45) is 5.92 Å². The molecular weight excluding hydrogens is 252 g/mol. The number of hydrogen-bond donors (Lipinski definition) is 1. The third-order valence-corrected chi connectivity index (χ3v) is 4.25. The maximum atomic E-state index is 9.70. The molecule has 1 N–H and O–H groups in total. The van der Waals surface area contributed by atoms with E-state index < -0.39 is 6.10 Å². The first kappa shape index (κ1) is 15.4. The molecule has 0 aliphatic heterocycles. The average molecular weight is 278 g/mol. The van der Waals surface area contributed by atoms with Gasteiger partial charge in [-0.15, -0.1) is 0 Å². The Hall–Kier alpha value is -1.00. The zero-order chi connectivity index (χ0) is 14.8. The predicted molar refractivity (Wildman–Crippen MR) is 78.3 cm³/mol. The minimum absolute atomic E-state index is 0.339. The standard InChI is InChI=1S/C16H26N2O2/c1-5-20-16(8-6-7-11(2)9-16)15-17-10-14(13(4)19)12(3)18-15/h10-11,13,19H,5-9H2,1-4H3/t11?,13-,16?/m1/s1. The van der Waals surface area contributed by atoms with Gasteiger partial charge in [0.05, 0.1) is 6.10 Å². The summed E-state index contributed by atoms with van der Waals surface area (Å²) in [5.74, 6) is 1.42. The lowest BCUT2D eigenvalue weighted by atomic mass is 9.78. The maximum absolute atomic E-state index is 9.70. The summed E-state index contributed by atoms with van der Waals surface area (Å²) in [7, 11) is 0. The van der Waals surface area contributed by atoms with Crippen molar-refractivity contribution in [2.45, 2.75) is 65.1 Å². The molecule has 2 unspecified atom stereocenters. The monoisotopic (exact) mass is 278 g/mol. The lowest BCUT2D eigenvalue weighted by Gasteiger charge is -2.38. The fourth-order valence-corrected chi connectivity index (χ4v) is 3.28. The second-order valence-electron chi connectivity index (χ2n) is 6.04. The summed E-state index contributed by atoms with van der Waals surface area (Å²) in [4.78, 5) is 9.16. The van der Waals surface area contributed by atoms with E-state index in [4.69, 9.17) is 4.74 Å². The second kappa shape index (κ2) is 6.19. The van der Waals surface area contributed by atoms with E-state index in [9.17, 15) is 5.11 Å². The van der Waals surface area contributed by atoms with Crippen LogP contribution in [0.4, 0.5) is 0 Å². The highest BCUT2D eigenvalue weighted by Gasteiger charge is 2.40. The normalized spacial score (nSPS) is 28.4. The Morgan fingerprint density at radius 1 is 1.55 bits per heavy atom. The number of rotatable bonds is 4. The van der Waals surface area contributed by atoms with Crippen LogP contribution in [0.5, 0.6) is 0 Å². The van der Waals surface area contributed by atoms with Crippen LogP contribution in [0, 0.1) is 12.8 Å². The Morgan fingerprint density at radius 2 is 2.30 bits per heavy atom. The molecule has 0 saturated heterocycles. The largest absolute Gasteiger partial charge is 0.389 e. The van der Waals surface area contributed by atoms with E-state index >= 15 is 0 Å². The minimum Gasteiger partial charge on any atom is -0.389 e. The van der Waals surface area contributed by atoms with Gasteiger partial charge in [0.1, 0.15) is 5.60 Å². The summed E-state index contributed by atoms with van der Waals surface area (Å²) >= 11 is 0. The maximum Gasteiger partial charge on any atom is 0.160 e. The van der Waals surface area contributed by atoms with Crippen molar-refractivity contribution in [1.82, 2.24) is 9.97 Å². The molecule has 0 radical (unpaired) electrons. The average Bonchev–Trinajstić information content (AvgIpc) is 2.38. The van der Waals surface area contributed by atoms with Crippen LogP contribution >= 0.6 is 0 Å². The lowest BCUT2D eigenvalue weighted by Crippen LogP contribution is -2.37. The van der Waals surface area contributed by atoms with E-state index in [1.807, 2.05) is 13.8 Å². The van der Waals surface area contributed by atoms with Crippen LogP contribution in [0.15, 0.2) is 6.20 Å². The third kappa shape index (κ3) is 3.01. The van der Waals surface area contributed by atoms with Crippen molar-refractivity contribution in [2.75, 3.05) is 6.61 Å².